The van der Waals surface area contributed by atoms with E-state index >= 15 is 0 Å². The van der Waals surface area contributed by atoms with Crippen LogP contribution in [0.15, 0.2) is 18.2 Å². The molecule has 0 saturated carbocycles. The second kappa shape index (κ2) is 15.7. The van der Waals surface area contributed by atoms with Crippen molar-refractivity contribution in [2.45, 2.75) is 119 Å². The fourth-order valence-corrected chi connectivity index (χ4v) is 3.51. The number of carbonyl (C=O) groups is 4. The lowest BCUT2D eigenvalue weighted by Crippen LogP contribution is -2.60. The lowest BCUT2D eigenvalue weighted by molar-refractivity contribution is -0.191. The van der Waals surface area contributed by atoms with Gasteiger partial charge in [-0.15, -0.1) is 0 Å². The number of nitrogens with one attached hydrogen (secondary N) is 1. The van der Waals surface area contributed by atoms with E-state index in [9.17, 15) is 24.3 Å². The number of benzene rings is 1. The molecular formula is C31H49NO8. The van der Waals surface area contributed by atoms with Crippen LogP contribution in [0.5, 0.6) is 11.5 Å². The van der Waals surface area contributed by atoms with Crippen LogP contribution in [0.4, 0.5) is 0 Å². The summed E-state index contributed by atoms with van der Waals surface area (Å²) >= 11 is 0. The van der Waals surface area contributed by atoms with Crippen molar-refractivity contribution in [2.75, 3.05) is 0 Å². The van der Waals surface area contributed by atoms with Crippen LogP contribution in [0.1, 0.15) is 106 Å². The maximum absolute atomic E-state index is 13.0. The van der Waals surface area contributed by atoms with Crippen LogP contribution in [0.3, 0.4) is 0 Å². The van der Waals surface area contributed by atoms with Crippen molar-refractivity contribution in [3.63, 3.8) is 0 Å². The highest BCUT2D eigenvalue weighted by Gasteiger charge is 2.46. The van der Waals surface area contributed by atoms with Gasteiger partial charge in [0.1, 0.15) is 0 Å². The lowest BCUT2D eigenvalue weighted by Gasteiger charge is -2.35. The van der Waals surface area contributed by atoms with Gasteiger partial charge in [-0.25, -0.2) is 4.79 Å². The molecule has 0 aliphatic rings. The molecule has 1 aromatic rings. The Balaban J connectivity index is 3.48. The van der Waals surface area contributed by atoms with Gasteiger partial charge in [0.15, 0.2) is 11.5 Å². The van der Waals surface area contributed by atoms with E-state index in [2.05, 4.69) is 5.32 Å². The first-order valence-corrected chi connectivity index (χ1v) is 14.3. The number of carboxylic acid groups (broad SMARTS) is 1. The van der Waals surface area contributed by atoms with Crippen molar-refractivity contribution in [1.82, 2.24) is 5.32 Å². The molecule has 9 heteroatoms. The van der Waals surface area contributed by atoms with E-state index in [0.717, 1.165) is 0 Å². The molecule has 0 amide bonds. The van der Waals surface area contributed by atoms with Gasteiger partial charge < -0.3 is 19.3 Å². The van der Waals surface area contributed by atoms with Crippen LogP contribution in [0, 0.1) is 17.3 Å². The maximum Gasteiger partial charge on any atom is 0.364 e. The standard InChI is InChI=1S/C31H49NO8/c1-10-22(7)32-31(28(35)36,40-29(37)30(8,9)11-2)19-23-14-15-24(38-26(33)16-12-20(3)4)25(18-23)39-27(34)17-13-21(5)6/h14-15,18,20-22,32H,10-13,16-17,19H2,1-9H3,(H,35,36)/t22?,31-/m0/s1. The third kappa shape index (κ3) is 11.3. The van der Waals surface area contributed by atoms with Gasteiger partial charge in [-0.1, -0.05) is 47.6 Å². The van der Waals surface area contributed by atoms with Crippen molar-refractivity contribution in [3.8, 4) is 11.5 Å². The fraction of sp³-hybridized carbons (Fsp3) is 0.677. The molecule has 1 rings (SSSR count). The summed E-state index contributed by atoms with van der Waals surface area (Å²) in [6.07, 6.45) is 2.42. The molecule has 0 aliphatic heterocycles. The molecule has 0 aliphatic carbocycles. The summed E-state index contributed by atoms with van der Waals surface area (Å²) in [5, 5.41) is 13.3. The Morgan fingerprint density at radius 1 is 0.875 bits per heavy atom. The van der Waals surface area contributed by atoms with Crippen LogP contribution in [0.2, 0.25) is 0 Å². The Morgan fingerprint density at radius 3 is 1.85 bits per heavy atom. The van der Waals surface area contributed by atoms with Crippen molar-refractivity contribution >= 4 is 23.9 Å². The summed E-state index contributed by atoms with van der Waals surface area (Å²) in [4.78, 5) is 50.8. The van der Waals surface area contributed by atoms with Crippen molar-refractivity contribution in [2.24, 2.45) is 17.3 Å². The molecule has 0 fully saturated rings. The third-order valence-electron chi connectivity index (χ3n) is 6.90. The van der Waals surface area contributed by atoms with E-state index in [1.807, 2.05) is 41.5 Å². The van der Waals surface area contributed by atoms with Gasteiger partial charge in [0.2, 0.25) is 0 Å². The minimum absolute atomic E-state index is 0.00666. The molecule has 0 radical (unpaired) electrons. The third-order valence-corrected chi connectivity index (χ3v) is 6.90. The van der Waals surface area contributed by atoms with E-state index in [-0.39, 0.29) is 42.7 Å². The number of esters is 3. The van der Waals surface area contributed by atoms with E-state index in [1.54, 1.807) is 26.8 Å². The lowest BCUT2D eigenvalue weighted by atomic mass is 9.90. The predicted molar refractivity (Wildman–Crippen MR) is 153 cm³/mol. The second-order valence-corrected chi connectivity index (χ2v) is 12.0. The van der Waals surface area contributed by atoms with E-state index in [1.165, 1.54) is 12.1 Å². The topological polar surface area (TPSA) is 128 Å². The number of aliphatic carboxylic acids is 1. The highest BCUT2D eigenvalue weighted by molar-refractivity contribution is 5.84. The number of ether oxygens (including phenoxy) is 3. The molecule has 0 aromatic heterocycles. The summed E-state index contributed by atoms with van der Waals surface area (Å²) in [7, 11) is 0. The SMILES string of the molecule is CCC(C)N[C@@](Cc1ccc(OC(=O)CCC(C)C)c(OC(=O)CCC(C)C)c1)(OC(=O)C(C)(C)CC)C(=O)O. The smallest absolute Gasteiger partial charge is 0.364 e. The number of hydrogen-bond donors (Lipinski definition) is 2. The van der Waals surface area contributed by atoms with Crippen molar-refractivity contribution in [3.05, 3.63) is 23.8 Å². The molecule has 0 spiro atoms. The molecule has 1 unspecified atom stereocenters. The zero-order chi connectivity index (χ0) is 30.7. The number of carbonyl (C=O) groups excluding carboxylic acids is 3. The Morgan fingerprint density at radius 2 is 1.40 bits per heavy atom. The molecule has 0 bridgehead atoms. The van der Waals surface area contributed by atoms with Gasteiger partial charge in [0, 0.05) is 25.3 Å². The first-order chi connectivity index (χ1) is 18.5. The van der Waals surface area contributed by atoms with Gasteiger partial charge in [0.05, 0.1) is 5.41 Å². The Bertz CT molecular complexity index is 1020. The Labute approximate surface area is 239 Å². The zero-order valence-electron chi connectivity index (χ0n) is 25.7. The molecule has 40 heavy (non-hydrogen) atoms. The minimum Gasteiger partial charge on any atom is -0.477 e. The summed E-state index contributed by atoms with van der Waals surface area (Å²) in [6, 6.07) is 4.22. The molecule has 2 atom stereocenters. The monoisotopic (exact) mass is 563 g/mol. The first kappa shape index (κ1) is 35.1. The van der Waals surface area contributed by atoms with Gasteiger partial charge in [-0.3, -0.25) is 19.7 Å². The summed E-state index contributed by atoms with van der Waals surface area (Å²) in [5.74, 6) is -2.29. The normalized spacial score (nSPS) is 14.0. The summed E-state index contributed by atoms with van der Waals surface area (Å²) in [5.41, 5.74) is -2.56. The highest BCUT2D eigenvalue weighted by atomic mass is 16.6. The van der Waals surface area contributed by atoms with Gasteiger partial charge in [0.25, 0.3) is 5.72 Å². The Kier molecular flexibility index (Phi) is 13.8. The average Bonchev–Trinajstić information content (AvgIpc) is 2.87. The molecule has 226 valence electrons. The van der Waals surface area contributed by atoms with Crippen LogP contribution >= 0.6 is 0 Å². The van der Waals surface area contributed by atoms with Gasteiger partial charge in [-0.2, -0.15) is 0 Å². The van der Waals surface area contributed by atoms with Crippen LogP contribution in [-0.2, 0) is 30.3 Å². The summed E-state index contributed by atoms with van der Waals surface area (Å²) < 4.78 is 16.9. The number of hydrogen-bond acceptors (Lipinski definition) is 8. The fourth-order valence-electron chi connectivity index (χ4n) is 3.51. The van der Waals surface area contributed by atoms with Gasteiger partial charge in [-0.05, 0) is 76.0 Å². The zero-order valence-corrected chi connectivity index (χ0v) is 25.7. The Hall–Kier alpha value is -2.94. The highest BCUT2D eigenvalue weighted by Crippen LogP contribution is 2.33. The molecule has 9 nitrogen and oxygen atoms in total. The average molecular weight is 564 g/mol. The van der Waals surface area contributed by atoms with Crippen molar-refractivity contribution in [1.29, 1.82) is 0 Å². The van der Waals surface area contributed by atoms with Crippen LogP contribution < -0.4 is 14.8 Å². The van der Waals surface area contributed by atoms with Crippen molar-refractivity contribution < 1.29 is 38.5 Å². The largest absolute Gasteiger partial charge is 0.477 e. The van der Waals surface area contributed by atoms with E-state index in [4.69, 9.17) is 14.2 Å². The first-order valence-electron chi connectivity index (χ1n) is 14.3. The molecule has 0 saturated heterocycles. The predicted octanol–water partition coefficient (Wildman–Crippen LogP) is 6.06. The van der Waals surface area contributed by atoms with Crippen LogP contribution in [0.25, 0.3) is 0 Å². The van der Waals surface area contributed by atoms with Crippen LogP contribution in [-0.4, -0.2) is 40.8 Å². The molecule has 1 aromatic carbocycles. The second-order valence-electron chi connectivity index (χ2n) is 12.0. The van der Waals surface area contributed by atoms with Gasteiger partial charge >= 0.3 is 23.9 Å². The quantitative estimate of drug-likeness (QED) is 0.132. The molecule has 2 N–H and O–H groups in total. The molecule has 0 heterocycles. The van der Waals surface area contributed by atoms with E-state index in [0.29, 0.717) is 37.2 Å². The number of carboxylic acids is 1. The van der Waals surface area contributed by atoms with E-state index < -0.39 is 35.0 Å². The number of rotatable bonds is 17. The molecular weight excluding hydrogens is 514 g/mol. The minimum atomic E-state index is -2.08. The summed E-state index contributed by atoms with van der Waals surface area (Å²) in [6.45, 7) is 16.9. The maximum atomic E-state index is 13.0.